The number of hydrogen-bond acceptors (Lipinski definition) is 4. The molecule has 0 amide bonds. The van der Waals surface area contributed by atoms with Gasteiger partial charge in [-0.25, -0.2) is 4.98 Å². The fourth-order valence-corrected chi connectivity index (χ4v) is 2.35. The van der Waals surface area contributed by atoms with E-state index in [1.165, 1.54) is 0 Å². The summed E-state index contributed by atoms with van der Waals surface area (Å²) < 4.78 is 5.50. The van der Waals surface area contributed by atoms with Crippen LogP contribution in [0.4, 0.5) is 0 Å². The highest BCUT2D eigenvalue weighted by molar-refractivity contribution is 5.96. The van der Waals surface area contributed by atoms with Crippen molar-refractivity contribution in [1.82, 2.24) is 10.3 Å². The van der Waals surface area contributed by atoms with Crippen LogP contribution in [0.2, 0.25) is 0 Å². The average Bonchev–Trinajstić information content (AvgIpc) is 2.92. The lowest BCUT2D eigenvalue weighted by atomic mass is 10.1. The fourth-order valence-electron chi connectivity index (χ4n) is 2.35. The second-order valence-electron chi connectivity index (χ2n) is 4.26. The lowest BCUT2D eigenvalue weighted by Gasteiger charge is -2.04. The summed E-state index contributed by atoms with van der Waals surface area (Å²) in [5.41, 5.74) is 0.997. The summed E-state index contributed by atoms with van der Waals surface area (Å²) in [7, 11) is 0. The number of ketones is 1. The first-order chi connectivity index (χ1) is 7.34. The molecule has 1 aromatic rings. The Labute approximate surface area is 88.1 Å². The molecule has 1 aliphatic carbocycles. The van der Waals surface area contributed by atoms with Gasteiger partial charge in [-0.05, 0) is 32.2 Å². The van der Waals surface area contributed by atoms with E-state index in [9.17, 15) is 4.79 Å². The molecule has 0 saturated carbocycles. The van der Waals surface area contributed by atoms with E-state index in [1.807, 2.05) is 0 Å². The topological polar surface area (TPSA) is 55.1 Å². The molecule has 2 heterocycles. The number of aryl methyl sites for hydroxylation is 2. The minimum Gasteiger partial charge on any atom is -0.439 e. The first-order valence-corrected chi connectivity index (χ1v) is 5.61. The molecular formula is C11H14N2O2. The molecule has 80 valence electrons. The second-order valence-corrected chi connectivity index (χ2v) is 4.26. The van der Waals surface area contributed by atoms with E-state index in [2.05, 4.69) is 10.3 Å². The van der Waals surface area contributed by atoms with Crippen LogP contribution in [0.1, 0.15) is 41.4 Å². The van der Waals surface area contributed by atoms with Crippen LogP contribution in [-0.2, 0) is 12.8 Å². The number of Topliss-reactive ketones (excluding diaryl/α,β-unsaturated/α-hetero) is 1. The minimum absolute atomic E-state index is 0.0295. The van der Waals surface area contributed by atoms with Gasteiger partial charge in [-0.3, -0.25) is 4.79 Å². The number of hydrogen-bond donors (Lipinski definition) is 1. The third kappa shape index (κ3) is 1.49. The maximum Gasteiger partial charge on any atom is 0.265 e. The van der Waals surface area contributed by atoms with Crippen molar-refractivity contribution in [2.45, 2.75) is 38.1 Å². The third-order valence-corrected chi connectivity index (χ3v) is 3.18. The predicted octanol–water partition coefficient (Wildman–Crippen LogP) is 1.10. The normalized spacial score (nSPS) is 24.4. The molecule has 0 bridgehead atoms. The summed E-state index contributed by atoms with van der Waals surface area (Å²) >= 11 is 0. The molecule has 1 saturated heterocycles. The highest BCUT2D eigenvalue weighted by Gasteiger charge is 2.29. The maximum atomic E-state index is 11.9. The van der Waals surface area contributed by atoms with Gasteiger partial charge in [0.25, 0.3) is 5.89 Å². The number of carbonyl (C=O) groups is 1. The van der Waals surface area contributed by atoms with Gasteiger partial charge in [-0.2, -0.15) is 0 Å². The molecule has 1 N–H and O–H groups in total. The Bertz CT molecular complexity index is 370. The number of aromatic nitrogens is 1. The standard InChI is InChI=1S/C11H14N2O2/c14-10(8-4-2-6-12-8)11-13-7-3-1-5-9(7)15-11/h8,12H,1-6H2. The van der Waals surface area contributed by atoms with Crippen molar-refractivity contribution >= 4 is 5.78 Å². The number of nitrogens with zero attached hydrogens (tertiary/aromatic N) is 1. The fraction of sp³-hybridized carbons (Fsp3) is 0.636. The Kier molecular flexibility index (Phi) is 2.09. The highest BCUT2D eigenvalue weighted by atomic mass is 16.4. The molecule has 1 fully saturated rings. The largest absolute Gasteiger partial charge is 0.439 e. The van der Waals surface area contributed by atoms with E-state index in [0.29, 0.717) is 5.89 Å². The van der Waals surface area contributed by atoms with Gasteiger partial charge in [0, 0.05) is 6.42 Å². The van der Waals surface area contributed by atoms with Gasteiger partial charge in [0.1, 0.15) is 5.76 Å². The monoisotopic (exact) mass is 206 g/mol. The van der Waals surface area contributed by atoms with Crippen LogP contribution in [0.25, 0.3) is 0 Å². The van der Waals surface area contributed by atoms with Crippen LogP contribution in [0, 0.1) is 0 Å². The maximum absolute atomic E-state index is 11.9. The Morgan fingerprint density at radius 3 is 3.07 bits per heavy atom. The van der Waals surface area contributed by atoms with Crippen LogP contribution in [0.15, 0.2) is 4.42 Å². The Morgan fingerprint density at radius 2 is 2.33 bits per heavy atom. The zero-order valence-corrected chi connectivity index (χ0v) is 8.58. The van der Waals surface area contributed by atoms with Crippen molar-refractivity contribution in [3.8, 4) is 0 Å². The van der Waals surface area contributed by atoms with Gasteiger partial charge in [0.15, 0.2) is 0 Å². The van der Waals surface area contributed by atoms with E-state index < -0.39 is 0 Å². The molecule has 4 nitrogen and oxygen atoms in total. The molecule has 15 heavy (non-hydrogen) atoms. The van der Waals surface area contributed by atoms with Crippen molar-refractivity contribution in [3.63, 3.8) is 0 Å². The van der Waals surface area contributed by atoms with Gasteiger partial charge in [0.05, 0.1) is 11.7 Å². The van der Waals surface area contributed by atoms with Crippen molar-refractivity contribution in [2.75, 3.05) is 6.54 Å². The molecule has 4 heteroatoms. The van der Waals surface area contributed by atoms with Crippen LogP contribution in [0.3, 0.4) is 0 Å². The molecule has 1 atom stereocenters. The summed E-state index contributed by atoms with van der Waals surface area (Å²) in [4.78, 5) is 16.2. The van der Waals surface area contributed by atoms with Gasteiger partial charge in [0.2, 0.25) is 5.78 Å². The number of fused-ring (bicyclic) bond motifs is 1. The molecule has 1 unspecified atom stereocenters. The molecule has 0 radical (unpaired) electrons. The molecule has 1 aliphatic heterocycles. The summed E-state index contributed by atoms with van der Waals surface area (Å²) in [5.74, 6) is 1.28. The van der Waals surface area contributed by atoms with Crippen LogP contribution in [-0.4, -0.2) is 23.4 Å². The smallest absolute Gasteiger partial charge is 0.265 e. The molecule has 2 aliphatic rings. The quantitative estimate of drug-likeness (QED) is 0.736. The molecule has 1 aromatic heterocycles. The van der Waals surface area contributed by atoms with Crippen LogP contribution < -0.4 is 5.32 Å². The Balaban J connectivity index is 1.83. The number of carbonyl (C=O) groups excluding carboxylic acids is 1. The zero-order valence-electron chi connectivity index (χ0n) is 8.58. The van der Waals surface area contributed by atoms with Crippen molar-refractivity contribution in [2.24, 2.45) is 0 Å². The Hall–Kier alpha value is -1.16. The van der Waals surface area contributed by atoms with E-state index in [1.54, 1.807) is 0 Å². The molecule has 0 spiro atoms. The molecule has 0 aromatic carbocycles. The Morgan fingerprint density at radius 1 is 1.40 bits per heavy atom. The first-order valence-electron chi connectivity index (χ1n) is 5.61. The van der Waals surface area contributed by atoms with Gasteiger partial charge in [-0.15, -0.1) is 0 Å². The highest BCUT2D eigenvalue weighted by Crippen LogP contribution is 2.23. The van der Waals surface area contributed by atoms with Crippen LogP contribution in [0.5, 0.6) is 0 Å². The molecule has 3 rings (SSSR count). The summed E-state index contributed by atoms with van der Waals surface area (Å²) in [6.07, 6.45) is 4.98. The van der Waals surface area contributed by atoms with Gasteiger partial charge < -0.3 is 9.73 Å². The van der Waals surface area contributed by atoms with Gasteiger partial charge in [-0.1, -0.05) is 0 Å². The second kappa shape index (κ2) is 3.45. The zero-order chi connectivity index (χ0) is 10.3. The van der Waals surface area contributed by atoms with E-state index in [4.69, 9.17) is 4.42 Å². The lowest BCUT2D eigenvalue weighted by molar-refractivity contribution is 0.0916. The lowest BCUT2D eigenvalue weighted by Crippen LogP contribution is -2.30. The van der Waals surface area contributed by atoms with Crippen molar-refractivity contribution < 1.29 is 9.21 Å². The summed E-state index contributed by atoms with van der Waals surface area (Å²) in [6, 6.07) is -0.0659. The van der Waals surface area contributed by atoms with Crippen molar-refractivity contribution in [3.05, 3.63) is 17.3 Å². The minimum atomic E-state index is -0.0659. The average molecular weight is 206 g/mol. The number of rotatable bonds is 2. The number of nitrogens with one attached hydrogen (secondary N) is 1. The van der Waals surface area contributed by atoms with Gasteiger partial charge >= 0.3 is 0 Å². The predicted molar refractivity (Wildman–Crippen MR) is 53.9 cm³/mol. The molecular weight excluding hydrogens is 192 g/mol. The summed E-state index contributed by atoms with van der Waals surface area (Å²) in [6.45, 7) is 0.927. The van der Waals surface area contributed by atoms with Crippen LogP contribution >= 0.6 is 0 Å². The van der Waals surface area contributed by atoms with E-state index in [-0.39, 0.29) is 11.8 Å². The third-order valence-electron chi connectivity index (χ3n) is 3.18. The van der Waals surface area contributed by atoms with E-state index in [0.717, 1.165) is 50.1 Å². The number of oxazole rings is 1. The SMILES string of the molecule is O=C(c1nc2c(o1)CCC2)C1CCCN1. The first kappa shape index (κ1) is 9.09. The van der Waals surface area contributed by atoms with E-state index >= 15 is 0 Å². The van der Waals surface area contributed by atoms with Crippen molar-refractivity contribution in [1.29, 1.82) is 0 Å². The summed E-state index contributed by atoms with van der Waals surface area (Å²) in [5, 5.41) is 3.17.